The van der Waals surface area contributed by atoms with E-state index in [2.05, 4.69) is 35.9 Å². The van der Waals surface area contributed by atoms with Gasteiger partial charge in [0.2, 0.25) is 0 Å². The number of hydrogen-bond donors (Lipinski definition) is 0. The molecule has 2 heterocycles. The molecule has 3 aromatic rings. The van der Waals surface area contributed by atoms with Crippen molar-refractivity contribution in [2.75, 3.05) is 30.9 Å². The van der Waals surface area contributed by atoms with Gasteiger partial charge in [0.1, 0.15) is 0 Å². The summed E-state index contributed by atoms with van der Waals surface area (Å²) in [7, 11) is 0. The second-order valence-corrected chi connectivity index (χ2v) is 10.2. The number of allylic oxidation sites excluding steroid dienone is 1. The number of ether oxygens (including phenoxy) is 1. The van der Waals surface area contributed by atoms with Crippen LogP contribution in [-0.2, 0) is 9.53 Å². The van der Waals surface area contributed by atoms with Crippen molar-refractivity contribution >= 4 is 40.8 Å². The average molecular weight is 522 g/mol. The highest BCUT2D eigenvalue weighted by atomic mass is 32.2. The molecule has 36 heavy (non-hydrogen) atoms. The number of fused-ring (bicyclic) bond motifs is 1. The number of nitrogens with zero attached hydrogens (tertiary/aromatic N) is 3. The van der Waals surface area contributed by atoms with Crippen molar-refractivity contribution in [1.82, 2.24) is 4.57 Å². The van der Waals surface area contributed by atoms with E-state index in [-0.39, 0.29) is 12.2 Å². The Morgan fingerprint density at radius 1 is 1.11 bits per heavy atom. The van der Waals surface area contributed by atoms with Crippen molar-refractivity contribution in [3.8, 4) is 0 Å². The summed E-state index contributed by atoms with van der Waals surface area (Å²) in [4.78, 5) is 35.3. The zero-order chi connectivity index (χ0) is 25.8. The number of thioether (sulfide) groups is 1. The molecule has 0 aliphatic carbocycles. The number of carbonyl (C=O) groups is 1. The van der Waals surface area contributed by atoms with E-state index in [1.165, 1.54) is 11.3 Å². The van der Waals surface area contributed by atoms with E-state index in [0.717, 1.165) is 34.8 Å². The summed E-state index contributed by atoms with van der Waals surface area (Å²) in [6.45, 7) is 9.98. The molecule has 8 heteroatoms. The summed E-state index contributed by atoms with van der Waals surface area (Å²) in [6.07, 6.45) is 3.91. The van der Waals surface area contributed by atoms with E-state index in [9.17, 15) is 9.59 Å². The number of anilines is 1. The highest BCUT2D eigenvalue weighted by Gasteiger charge is 2.33. The molecule has 1 aromatic heterocycles. The average Bonchev–Trinajstić information content (AvgIpc) is 3.19. The lowest BCUT2D eigenvalue weighted by molar-refractivity contribution is -0.139. The minimum absolute atomic E-state index is 0.167. The van der Waals surface area contributed by atoms with Gasteiger partial charge in [0, 0.05) is 23.7 Å². The molecule has 0 saturated heterocycles. The summed E-state index contributed by atoms with van der Waals surface area (Å²) in [5, 5.41) is 0. The summed E-state index contributed by atoms with van der Waals surface area (Å²) >= 11 is 2.98. The number of esters is 1. The van der Waals surface area contributed by atoms with E-state index < -0.39 is 12.0 Å². The fourth-order valence-electron chi connectivity index (χ4n) is 4.41. The molecule has 1 aliphatic rings. The molecule has 1 aliphatic heterocycles. The standard InChI is InChI=1S/C28H31N3O3S2/c1-6-30(7-2)21-13-9-19(10-14-21)17-23-26(32)31-25(20-11-15-22(35-5)16-12-20)24(27(33)34-8-3)18(4)29-28(31)36-23/h9-17,25H,6-8H2,1-5H3/b23-17-/t25-/m0/s1. The molecule has 0 unspecified atom stereocenters. The topological polar surface area (TPSA) is 63.9 Å². The molecule has 0 fully saturated rings. The molecule has 0 amide bonds. The Balaban J connectivity index is 1.84. The Hall–Kier alpha value is -3.10. The van der Waals surface area contributed by atoms with E-state index in [1.807, 2.05) is 48.7 Å². The lowest BCUT2D eigenvalue weighted by atomic mass is 9.96. The van der Waals surface area contributed by atoms with Crippen molar-refractivity contribution in [2.24, 2.45) is 4.99 Å². The molecule has 2 aromatic carbocycles. The first kappa shape index (κ1) is 26.0. The van der Waals surface area contributed by atoms with Crippen molar-refractivity contribution in [3.05, 3.63) is 90.6 Å². The van der Waals surface area contributed by atoms with Gasteiger partial charge in [-0.3, -0.25) is 9.36 Å². The third-order valence-corrected chi connectivity index (χ3v) is 7.99. The van der Waals surface area contributed by atoms with Crippen LogP contribution < -0.4 is 19.8 Å². The summed E-state index contributed by atoms with van der Waals surface area (Å²) in [5.41, 5.74) is 3.75. The molecular weight excluding hydrogens is 490 g/mol. The van der Waals surface area contributed by atoms with Gasteiger partial charge in [-0.2, -0.15) is 0 Å². The fourth-order valence-corrected chi connectivity index (χ4v) is 5.87. The SMILES string of the molecule is CCOC(=O)C1=C(C)N=c2s/c(=C\c3ccc(N(CC)CC)cc3)c(=O)n2[C@H]1c1ccc(SC)cc1. The van der Waals surface area contributed by atoms with Crippen molar-refractivity contribution in [2.45, 2.75) is 38.6 Å². The maximum atomic E-state index is 13.7. The first-order chi connectivity index (χ1) is 17.4. The molecule has 0 spiro atoms. The van der Waals surface area contributed by atoms with Gasteiger partial charge in [0.25, 0.3) is 5.56 Å². The van der Waals surface area contributed by atoms with Gasteiger partial charge >= 0.3 is 5.97 Å². The van der Waals surface area contributed by atoms with Crippen LogP contribution in [-0.4, -0.2) is 36.5 Å². The second-order valence-electron chi connectivity index (χ2n) is 8.34. The van der Waals surface area contributed by atoms with Crippen LogP contribution in [0.2, 0.25) is 0 Å². The van der Waals surface area contributed by atoms with Crippen molar-refractivity contribution < 1.29 is 9.53 Å². The molecule has 4 rings (SSSR count). The van der Waals surface area contributed by atoms with Crippen LogP contribution in [0.4, 0.5) is 5.69 Å². The lowest BCUT2D eigenvalue weighted by Gasteiger charge is -2.24. The summed E-state index contributed by atoms with van der Waals surface area (Å²) < 4.78 is 7.58. The van der Waals surface area contributed by atoms with Crippen LogP contribution in [0.15, 0.2) is 74.5 Å². The third-order valence-electron chi connectivity index (χ3n) is 6.27. The number of aromatic nitrogens is 1. The normalized spacial score (nSPS) is 15.5. The Morgan fingerprint density at radius 2 is 1.78 bits per heavy atom. The van der Waals surface area contributed by atoms with Crippen LogP contribution in [0, 0.1) is 0 Å². The molecule has 188 valence electrons. The Bertz CT molecular complexity index is 1450. The van der Waals surface area contributed by atoms with E-state index in [4.69, 9.17) is 4.74 Å². The number of benzene rings is 2. The van der Waals surface area contributed by atoms with E-state index in [1.54, 1.807) is 30.2 Å². The highest BCUT2D eigenvalue weighted by Crippen LogP contribution is 2.31. The van der Waals surface area contributed by atoms with Gasteiger partial charge in [-0.15, -0.1) is 11.8 Å². The second kappa shape index (κ2) is 11.3. The summed E-state index contributed by atoms with van der Waals surface area (Å²) in [5.74, 6) is -0.445. The molecule has 0 N–H and O–H groups in total. The quantitative estimate of drug-likeness (QED) is 0.326. The van der Waals surface area contributed by atoms with Crippen LogP contribution in [0.5, 0.6) is 0 Å². The van der Waals surface area contributed by atoms with Crippen LogP contribution in [0.3, 0.4) is 0 Å². The predicted molar refractivity (Wildman–Crippen MR) is 149 cm³/mol. The molecule has 1 atom stereocenters. The molecule has 0 radical (unpaired) electrons. The number of rotatable bonds is 8. The largest absolute Gasteiger partial charge is 0.463 e. The fraction of sp³-hybridized carbons (Fsp3) is 0.321. The van der Waals surface area contributed by atoms with Crippen LogP contribution >= 0.6 is 23.1 Å². The molecule has 0 bridgehead atoms. The monoisotopic (exact) mass is 521 g/mol. The van der Waals surface area contributed by atoms with Gasteiger partial charge in [0.05, 0.1) is 28.5 Å². The minimum Gasteiger partial charge on any atom is -0.463 e. The Morgan fingerprint density at radius 3 is 2.36 bits per heavy atom. The first-order valence-electron chi connectivity index (χ1n) is 12.1. The Labute approximate surface area is 219 Å². The zero-order valence-electron chi connectivity index (χ0n) is 21.3. The third kappa shape index (κ3) is 5.06. The maximum absolute atomic E-state index is 13.7. The molecular formula is C28H31N3O3S2. The van der Waals surface area contributed by atoms with E-state index in [0.29, 0.717) is 20.6 Å². The molecule has 6 nitrogen and oxygen atoms in total. The summed E-state index contributed by atoms with van der Waals surface area (Å²) in [6, 6.07) is 15.6. The maximum Gasteiger partial charge on any atom is 0.338 e. The first-order valence-corrected chi connectivity index (χ1v) is 14.1. The van der Waals surface area contributed by atoms with Gasteiger partial charge in [-0.1, -0.05) is 35.6 Å². The Kier molecular flexibility index (Phi) is 8.16. The lowest BCUT2D eigenvalue weighted by Crippen LogP contribution is -2.39. The van der Waals surface area contributed by atoms with Crippen molar-refractivity contribution in [3.63, 3.8) is 0 Å². The van der Waals surface area contributed by atoms with Gasteiger partial charge in [-0.25, -0.2) is 9.79 Å². The van der Waals surface area contributed by atoms with Gasteiger partial charge in [0.15, 0.2) is 4.80 Å². The van der Waals surface area contributed by atoms with Crippen LogP contribution in [0.1, 0.15) is 44.9 Å². The van der Waals surface area contributed by atoms with Gasteiger partial charge in [-0.05, 0) is 75.4 Å². The van der Waals surface area contributed by atoms with Crippen LogP contribution in [0.25, 0.3) is 6.08 Å². The van der Waals surface area contributed by atoms with Gasteiger partial charge < -0.3 is 9.64 Å². The predicted octanol–water partition coefficient (Wildman–Crippen LogP) is 4.37. The minimum atomic E-state index is -0.594. The van der Waals surface area contributed by atoms with E-state index >= 15 is 0 Å². The number of thiazole rings is 1. The van der Waals surface area contributed by atoms with Crippen molar-refractivity contribution in [1.29, 1.82) is 0 Å². The number of carbonyl (C=O) groups excluding carboxylic acids is 1. The number of hydrogen-bond acceptors (Lipinski definition) is 7. The molecule has 0 saturated carbocycles. The highest BCUT2D eigenvalue weighted by molar-refractivity contribution is 7.98. The smallest absolute Gasteiger partial charge is 0.338 e. The zero-order valence-corrected chi connectivity index (χ0v) is 22.9.